The van der Waals surface area contributed by atoms with Crippen LogP contribution < -0.4 is 0 Å². The lowest BCUT2D eigenvalue weighted by atomic mass is 10.2. The fourth-order valence-electron chi connectivity index (χ4n) is 3.25. The number of fused-ring (bicyclic) bond motifs is 2. The van der Waals surface area contributed by atoms with Crippen LogP contribution in [-0.2, 0) is 32.8 Å². The fraction of sp³-hybridized carbons (Fsp3) is 0.368. The molecule has 1 atom stereocenters. The highest BCUT2D eigenvalue weighted by Crippen LogP contribution is 2.35. The van der Waals surface area contributed by atoms with Crippen LogP contribution in [0.4, 0.5) is 19.0 Å². The second-order valence-corrected chi connectivity index (χ2v) is 12.4. The number of alkyl halides is 3. The number of aromatic nitrogens is 6. The molecule has 0 fully saturated rings. The van der Waals surface area contributed by atoms with E-state index in [1.165, 1.54) is 37.1 Å². The van der Waals surface area contributed by atoms with Gasteiger partial charge in [-0.1, -0.05) is 13.8 Å². The van der Waals surface area contributed by atoms with Crippen LogP contribution in [0.3, 0.4) is 0 Å². The Morgan fingerprint density at radius 1 is 1.09 bits per heavy atom. The van der Waals surface area contributed by atoms with E-state index in [-0.39, 0.29) is 50.5 Å². The van der Waals surface area contributed by atoms with Crippen molar-refractivity contribution in [3.05, 3.63) is 30.1 Å². The molecule has 0 bridgehead atoms. The maximum Gasteiger partial charge on any atom is 0.417 e. The molecule has 4 aromatic rings. The van der Waals surface area contributed by atoms with Gasteiger partial charge < -0.3 is 4.57 Å². The molecule has 0 N–H and O–H groups in total. The number of hydrogen-bond acceptors (Lipinski definition) is 8. The zero-order valence-electron chi connectivity index (χ0n) is 18.5. The highest BCUT2D eigenvalue weighted by Gasteiger charge is 2.33. The molecule has 10 nitrogen and oxygen atoms in total. The monoisotopic (exact) mass is 515 g/mol. The van der Waals surface area contributed by atoms with Crippen LogP contribution in [0.1, 0.15) is 19.4 Å². The van der Waals surface area contributed by atoms with Crippen molar-refractivity contribution in [3.8, 4) is 11.4 Å². The first kappa shape index (κ1) is 24.1. The van der Waals surface area contributed by atoms with Crippen LogP contribution in [-0.4, -0.2) is 59.5 Å². The number of aryl methyl sites for hydroxylation is 1. The molecule has 34 heavy (non-hydrogen) atoms. The SMILES string of the molecule is CCS(=O)(=O)c1nn2c(N=S(C)(=O)CC)ccnc2c1-c1nc2cc(C(F)(F)F)cnc2n1C. The van der Waals surface area contributed by atoms with Gasteiger partial charge >= 0.3 is 6.18 Å². The molecule has 182 valence electrons. The van der Waals surface area contributed by atoms with E-state index in [2.05, 4.69) is 24.4 Å². The predicted octanol–water partition coefficient (Wildman–Crippen LogP) is 3.24. The van der Waals surface area contributed by atoms with E-state index in [0.29, 0.717) is 6.20 Å². The van der Waals surface area contributed by atoms with Gasteiger partial charge in [0, 0.05) is 37.5 Å². The van der Waals surface area contributed by atoms with Gasteiger partial charge in [-0.05, 0) is 6.07 Å². The van der Waals surface area contributed by atoms with Crippen LogP contribution in [0.25, 0.3) is 28.2 Å². The largest absolute Gasteiger partial charge is 0.417 e. The summed E-state index contributed by atoms with van der Waals surface area (Å²) in [5.74, 6) is 0.0925. The highest BCUT2D eigenvalue weighted by atomic mass is 32.2. The molecule has 4 aromatic heterocycles. The normalized spacial score (nSPS) is 14.6. The van der Waals surface area contributed by atoms with Crippen LogP contribution in [0.15, 0.2) is 33.9 Å². The van der Waals surface area contributed by atoms with Crippen LogP contribution in [0.2, 0.25) is 0 Å². The van der Waals surface area contributed by atoms with E-state index in [9.17, 15) is 25.8 Å². The van der Waals surface area contributed by atoms with Gasteiger partial charge in [0.1, 0.15) is 16.9 Å². The average molecular weight is 516 g/mol. The zero-order chi connectivity index (χ0) is 25.1. The third-order valence-electron chi connectivity index (χ3n) is 5.22. The minimum atomic E-state index is -4.62. The summed E-state index contributed by atoms with van der Waals surface area (Å²) < 4.78 is 84.7. The summed E-state index contributed by atoms with van der Waals surface area (Å²) in [6.45, 7) is 3.14. The fourth-order valence-corrected chi connectivity index (χ4v) is 4.89. The van der Waals surface area contributed by atoms with Gasteiger partial charge in [-0.2, -0.15) is 27.1 Å². The van der Waals surface area contributed by atoms with Crippen molar-refractivity contribution in [2.75, 3.05) is 17.8 Å². The van der Waals surface area contributed by atoms with Crippen LogP contribution in [0, 0.1) is 0 Å². The molecule has 1 unspecified atom stereocenters. The Balaban J connectivity index is 2.11. The number of halogens is 3. The standard InChI is InChI=1S/C19H20F3N7O3S2/c1-5-33(4,30)27-13-7-8-23-16-14(18(26-29(13)16)34(31,32)6-2)17-25-12-9-11(19(20,21)22)10-24-15(12)28(17)3/h7-10H,5-6H2,1-4H3. The Bertz CT molecular complexity index is 1660. The molecule has 4 heterocycles. The lowest BCUT2D eigenvalue weighted by molar-refractivity contribution is -0.137. The Kier molecular flexibility index (Phi) is 5.67. The molecule has 0 radical (unpaired) electrons. The van der Waals surface area contributed by atoms with Gasteiger partial charge in [0.05, 0.1) is 21.0 Å². The zero-order valence-corrected chi connectivity index (χ0v) is 20.2. The van der Waals surface area contributed by atoms with Crippen molar-refractivity contribution >= 4 is 42.2 Å². The van der Waals surface area contributed by atoms with E-state index in [1.807, 2.05) is 0 Å². The number of pyridine rings is 1. The average Bonchev–Trinajstić information content (AvgIpc) is 3.31. The Morgan fingerprint density at radius 3 is 2.41 bits per heavy atom. The number of sulfone groups is 1. The third-order valence-corrected chi connectivity index (χ3v) is 8.50. The Hall–Kier alpha value is -3.07. The molecular formula is C19H20F3N7O3S2. The van der Waals surface area contributed by atoms with E-state index >= 15 is 0 Å². The third kappa shape index (κ3) is 4.02. The predicted molar refractivity (Wildman–Crippen MR) is 120 cm³/mol. The van der Waals surface area contributed by atoms with Crippen molar-refractivity contribution in [2.45, 2.75) is 25.0 Å². The molecule has 0 aliphatic carbocycles. The van der Waals surface area contributed by atoms with Crippen molar-refractivity contribution in [2.24, 2.45) is 11.4 Å². The first-order valence-electron chi connectivity index (χ1n) is 9.99. The van der Waals surface area contributed by atoms with Gasteiger partial charge in [0.2, 0.25) is 0 Å². The quantitative estimate of drug-likeness (QED) is 0.400. The molecular weight excluding hydrogens is 495 g/mol. The van der Waals surface area contributed by atoms with E-state index in [0.717, 1.165) is 10.6 Å². The Labute approximate surface area is 193 Å². The maximum atomic E-state index is 13.2. The summed E-state index contributed by atoms with van der Waals surface area (Å²) in [6.07, 6.45) is -1.12. The van der Waals surface area contributed by atoms with E-state index < -0.39 is 31.3 Å². The first-order chi connectivity index (χ1) is 15.8. The summed E-state index contributed by atoms with van der Waals surface area (Å²) in [4.78, 5) is 12.4. The topological polar surface area (TPSA) is 124 Å². The molecule has 0 aromatic carbocycles. The number of nitrogens with zero attached hydrogens (tertiary/aromatic N) is 7. The van der Waals surface area contributed by atoms with Crippen molar-refractivity contribution in [1.29, 1.82) is 0 Å². The summed E-state index contributed by atoms with van der Waals surface area (Å²) in [7, 11) is -5.05. The first-order valence-corrected chi connectivity index (χ1v) is 13.7. The molecule has 0 aliphatic heterocycles. The minimum absolute atomic E-state index is 0.00735. The molecule has 4 rings (SSSR count). The summed E-state index contributed by atoms with van der Waals surface area (Å²) in [5, 5.41) is 3.85. The van der Waals surface area contributed by atoms with Gasteiger partial charge in [-0.15, -0.1) is 0 Å². The summed E-state index contributed by atoms with van der Waals surface area (Å²) in [6, 6.07) is 2.28. The lowest BCUT2D eigenvalue weighted by Gasteiger charge is -2.05. The van der Waals surface area contributed by atoms with Crippen LogP contribution in [0.5, 0.6) is 0 Å². The van der Waals surface area contributed by atoms with Gasteiger partial charge in [0.15, 0.2) is 32.0 Å². The van der Waals surface area contributed by atoms with Crippen molar-refractivity contribution < 1.29 is 25.8 Å². The molecule has 15 heteroatoms. The molecule has 0 aliphatic rings. The number of hydrogen-bond donors (Lipinski definition) is 0. The van der Waals surface area contributed by atoms with Crippen LogP contribution >= 0.6 is 0 Å². The Morgan fingerprint density at radius 2 is 1.79 bits per heavy atom. The number of imidazole rings is 1. The van der Waals surface area contributed by atoms with E-state index in [4.69, 9.17) is 0 Å². The van der Waals surface area contributed by atoms with Gasteiger partial charge in [-0.3, -0.25) is 0 Å². The van der Waals surface area contributed by atoms with Gasteiger partial charge in [-0.25, -0.2) is 27.6 Å². The second-order valence-electron chi connectivity index (χ2n) is 7.52. The molecule has 0 amide bonds. The number of rotatable bonds is 5. The lowest BCUT2D eigenvalue weighted by Crippen LogP contribution is -2.07. The highest BCUT2D eigenvalue weighted by molar-refractivity contribution is 7.93. The van der Waals surface area contributed by atoms with Crippen molar-refractivity contribution in [1.82, 2.24) is 29.1 Å². The summed E-state index contributed by atoms with van der Waals surface area (Å²) >= 11 is 0. The molecule has 0 saturated carbocycles. The maximum absolute atomic E-state index is 13.2. The smallest absolute Gasteiger partial charge is 0.312 e. The summed E-state index contributed by atoms with van der Waals surface area (Å²) in [5.41, 5.74) is -0.899. The minimum Gasteiger partial charge on any atom is -0.312 e. The van der Waals surface area contributed by atoms with E-state index in [1.54, 1.807) is 6.92 Å². The van der Waals surface area contributed by atoms with Crippen molar-refractivity contribution in [3.63, 3.8) is 0 Å². The molecule has 0 saturated heterocycles. The van der Waals surface area contributed by atoms with Gasteiger partial charge in [0.25, 0.3) is 0 Å². The second kappa shape index (κ2) is 8.01. The molecule has 0 spiro atoms.